The van der Waals surface area contributed by atoms with Crippen molar-refractivity contribution in [3.05, 3.63) is 0 Å². The van der Waals surface area contributed by atoms with E-state index in [4.69, 9.17) is 11.5 Å². The molecule has 0 saturated heterocycles. The van der Waals surface area contributed by atoms with Crippen LogP contribution >= 0.6 is 0 Å². The summed E-state index contributed by atoms with van der Waals surface area (Å²) < 4.78 is 0. The maximum atomic E-state index is 7.45. The summed E-state index contributed by atoms with van der Waals surface area (Å²) in [6.07, 6.45) is 39.0. The molecule has 4 N–H and O–H groups in total. The summed E-state index contributed by atoms with van der Waals surface area (Å²) in [5.41, 5.74) is 12.9. The number of nitrogens with two attached hydrogens (primary N) is 2. The molecule has 0 bridgehead atoms. The Morgan fingerprint density at radius 3 is 0.875 bits per heavy atom. The minimum atomic E-state index is 0. The summed E-state index contributed by atoms with van der Waals surface area (Å²) in [6, 6.07) is 0. The highest BCUT2D eigenvalue weighted by molar-refractivity contribution is 4.91. The molecular formula is C38H82N2. The third kappa shape index (κ3) is 32.4. The monoisotopic (exact) mass is 567 g/mol. The van der Waals surface area contributed by atoms with Crippen molar-refractivity contribution in [3.8, 4) is 0 Å². The number of unbranched alkanes of at least 4 members (excludes halogenated alkanes) is 20. The van der Waals surface area contributed by atoms with Crippen molar-refractivity contribution >= 4 is 0 Å². The molecule has 0 aromatic heterocycles. The van der Waals surface area contributed by atoms with Gasteiger partial charge in [0.05, 0.1) is 0 Å². The molecular weight excluding hydrogens is 484 g/mol. The van der Waals surface area contributed by atoms with Gasteiger partial charge in [-0.2, -0.15) is 0 Å². The highest BCUT2D eigenvalue weighted by Gasteiger charge is 2.33. The van der Waals surface area contributed by atoms with Gasteiger partial charge in [-0.05, 0) is 52.4 Å². The van der Waals surface area contributed by atoms with Crippen molar-refractivity contribution in [3.63, 3.8) is 0 Å². The minimum absolute atomic E-state index is 0. The predicted octanol–water partition coefficient (Wildman–Crippen LogP) is 13.0. The zero-order valence-electron chi connectivity index (χ0n) is 29.5. The summed E-state index contributed by atoms with van der Waals surface area (Å²) in [7, 11) is 0. The van der Waals surface area contributed by atoms with Gasteiger partial charge in [-0.15, -0.1) is 0 Å². The van der Waals surface area contributed by atoms with Crippen LogP contribution in [0.3, 0.4) is 0 Å². The van der Waals surface area contributed by atoms with Gasteiger partial charge in [-0.3, -0.25) is 0 Å². The Morgan fingerprint density at radius 2 is 0.600 bits per heavy atom. The van der Waals surface area contributed by atoms with E-state index in [1.54, 1.807) is 0 Å². The average Bonchev–Trinajstić information content (AvgIpc) is 2.90. The molecule has 0 aliphatic heterocycles. The molecule has 0 amide bonds. The van der Waals surface area contributed by atoms with Gasteiger partial charge in [0.2, 0.25) is 0 Å². The van der Waals surface area contributed by atoms with Crippen LogP contribution in [0.5, 0.6) is 0 Å². The second-order valence-electron chi connectivity index (χ2n) is 14.4. The Labute approximate surface area is 256 Å². The molecule has 0 heterocycles. The Balaban J connectivity index is 0. The summed E-state index contributed by atoms with van der Waals surface area (Å²) in [4.78, 5) is 0. The molecule has 244 valence electrons. The first-order valence-electron chi connectivity index (χ1n) is 18.7. The van der Waals surface area contributed by atoms with E-state index in [9.17, 15) is 0 Å². The van der Waals surface area contributed by atoms with Crippen LogP contribution in [0.15, 0.2) is 0 Å². The molecule has 40 heavy (non-hydrogen) atoms. The molecule has 0 rings (SSSR count). The van der Waals surface area contributed by atoms with E-state index in [0.717, 1.165) is 5.92 Å². The third-order valence-corrected chi connectivity index (χ3v) is 8.62. The molecule has 0 unspecified atom stereocenters. The molecule has 0 spiro atoms. The SMILES string of the molecule is CC(C)(C)N.CCCCCCCCC(CCCCCCCC)C(N)(CCCCCCCC)CCCCCCCC. The molecule has 2 heteroatoms. The van der Waals surface area contributed by atoms with E-state index in [2.05, 4.69) is 27.7 Å². The van der Waals surface area contributed by atoms with Crippen molar-refractivity contribution in [2.24, 2.45) is 17.4 Å². The first kappa shape index (κ1) is 42.1. The minimum Gasteiger partial charge on any atom is -0.326 e. The summed E-state index contributed by atoms with van der Waals surface area (Å²) in [5, 5.41) is 0. The Kier molecular flexibility index (Phi) is 31.9. The average molecular weight is 567 g/mol. The normalized spacial score (nSPS) is 12.2. The van der Waals surface area contributed by atoms with Gasteiger partial charge in [0.25, 0.3) is 0 Å². The predicted molar refractivity (Wildman–Crippen MR) is 186 cm³/mol. The van der Waals surface area contributed by atoms with Crippen LogP contribution in [-0.4, -0.2) is 11.1 Å². The highest BCUT2D eigenvalue weighted by Crippen LogP contribution is 2.35. The Hall–Kier alpha value is -0.0800. The zero-order chi connectivity index (χ0) is 30.4. The topological polar surface area (TPSA) is 52.0 Å². The van der Waals surface area contributed by atoms with Crippen LogP contribution in [0.25, 0.3) is 0 Å². The molecule has 0 fully saturated rings. The van der Waals surface area contributed by atoms with E-state index in [0.29, 0.717) is 0 Å². The molecule has 0 aliphatic rings. The molecule has 0 radical (unpaired) electrons. The molecule has 0 aliphatic carbocycles. The second kappa shape index (κ2) is 30.4. The summed E-state index contributed by atoms with van der Waals surface area (Å²) in [6.45, 7) is 15.2. The summed E-state index contributed by atoms with van der Waals surface area (Å²) >= 11 is 0. The van der Waals surface area contributed by atoms with Crippen molar-refractivity contribution in [2.45, 2.75) is 239 Å². The lowest BCUT2D eigenvalue weighted by Gasteiger charge is -2.39. The summed E-state index contributed by atoms with van der Waals surface area (Å²) in [5.74, 6) is 0.756. The van der Waals surface area contributed by atoms with Crippen LogP contribution in [0.2, 0.25) is 0 Å². The molecule has 0 saturated carbocycles. The van der Waals surface area contributed by atoms with Crippen molar-refractivity contribution < 1.29 is 0 Å². The quantitative estimate of drug-likeness (QED) is 0.0884. The smallest absolute Gasteiger partial charge is 0.0182 e. The van der Waals surface area contributed by atoms with E-state index < -0.39 is 0 Å². The van der Waals surface area contributed by atoms with Gasteiger partial charge >= 0.3 is 0 Å². The van der Waals surface area contributed by atoms with Crippen LogP contribution < -0.4 is 11.5 Å². The zero-order valence-corrected chi connectivity index (χ0v) is 29.5. The van der Waals surface area contributed by atoms with Gasteiger partial charge in [0, 0.05) is 11.1 Å². The van der Waals surface area contributed by atoms with Crippen molar-refractivity contribution in [1.82, 2.24) is 0 Å². The van der Waals surface area contributed by atoms with Gasteiger partial charge in [-0.1, -0.05) is 182 Å². The second-order valence-corrected chi connectivity index (χ2v) is 14.4. The van der Waals surface area contributed by atoms with E-state index in [-0.39, 0.29) is 11.1 Å². The Bertz CT molecular complexity index is 429. The van der Waals surface area contributed by atoms with Gasteiger partial charge in [-0.25, -0.2) is 0 Å². The van der Waals surface area contributed by atoms with Gasteiger partial charge in [0.1, 0.15) is 0 Å². The Morgan fingerprint density at radius 1 is 0.375 bits per heavy atom. The maximum Gasteiger partial charge on any atom is 0.0182 e. The highest BCUT2D eigenvalue weighted by atomic mass is 14.8. The lowest BCUT2D eigenvalue weighted by Crippen LogP contribution is -2.47. The van der Waals surface area contributed by atoms with E-state index in [1.165, 1.54) is 180 Å². The van der Waals surface area contributed by atoms with Crippen molar-refractivity contribution in [2.75, 3.05) is 0 Å². The number of hydrogen-bond acceptors (Lipinski definition) is 2. The fourth-order valence-electron chi connectivity index (χ4n) is 6.06. The lowest BCUT2D eigenvalue weighted by molar-refractivity contribution is 0.189. The molecule has 0 atom stereocenters. The lowest BCUT2D eigenvalue weighted by atomic mass is 9.72. The fraction of sp³-hybridized carbons (Fsp3) is 1.00. The first-order chi connectivity index (χ1) is 19.1. The number of rotatable bonds is 29. The van der Waals surface area contributed by atoms with E-state index in [1.807, 2.05) is 20.8 Å². The maximum absolute atomic E-state index is 7.45. The van der Waals surface area contributed by atoms with Gasteiger partial charge in [0.15, 0.2) is 0 Å². The largest absolute Gasteiger partial charge is 0.326 e. The van der Waals surface area contributed by atoms with Gasteiger partial charge < -0.3 is 11.5 Å². The standard InChI is InChI=1S/C34H71N.C4H11N/c1-5-9-13-17-21-25-29-33(30-26-22-18-14-10-6-2)34(35,31-27-23-19-15-11-7-3)32-28-24-20-16-12-8-4;1-4(2,3)5/h33H,5-32,35H2,1-4H3;5H2,1-3H3. The van der Waals surface area contributed by atoms with Crippen LogP contribution in [-0.2, 0) is 0 Å². The molecule has 0 aromatic carbocycles. The number of hydrogen-bond donors (Lipinski definition) is 2. The van der Waals surface area contributed by atoms with Crippen molar-refractivity contribution in [1.29, 1.82) is 0 Å². The molecule has 2 nitrogen and oxygen atoms in total. The molecule has 0 aromatic rings. The first-order valence-corrected chi connectivity index (χ1v) is 18.7. The van der Waals surface area contributed by atoms with Crippen LogP contribution in [0, 0.1) is 5.92 Å². The van der Waals surface area contributed by atoms with Crippen LogP contribution in [0.4, 0.5) is 0 Å². The van der Waals surface area contributed by atoms with E-state index >= 15 is 0 Å². The van der Waals surface area contributed by atoms with Crippen LogP contribution in [0.1, 0.15) is 228 Å². The third-order valence-electron chi connectivity index (χ3n) is 8.62. The fourth-order valence-corrected chi connectivity index (χ4v) is 6.06.